The topological polar surface area (TPSA) is 52.6 Å². The zero-order valence-corrected chi connectivity index (χ0v) is 15.6. The molecule has 3 rings (SSSR count). The molecule has 2 fully saturated rings. The number of carbonyl (C=O) groups is 1. The van der Waals surface area contributed by atoms with Gasteiger partial charge >= 0.3 is 0 Å². The van der Waals surface area contributed by atoms with Crippen molar-refractivity contribution >= 4 is 17.2 Å². The van der Waals surface area contributed by atoms with Crippen LogP contribution >= 0.6 is 11.3 Å². The molecule has 134 valence electrons. The van der Waals surface area contributed by atoms with E-state index in [1.807, 2.05) is 6.92 Å². The van der Waals surface area contributed by atoms with Gasteiger partial charge in [-0.3, -0.25) is 9.69 Å². The number of hydrogen-bond acceptors (Lipinski definition) is 4. The van der Waals surface area contributed by atoms with Crippen molar-refractivity contribution in [2.75, 3.05) is 13.1 Å². The van der Waals surface area contributed by atoms with Crippen molar-refractivity contribution in [3.8, 4) is 0 Å². The molecule has 3 atom stereocenters. The van der Waals surface area contributed by atoms with Gasteiger partial charge in [0, 0.05) is 17.3 Å². The van der Waals surface area contributed by atoms with E-state index in [0.717, 1.165) is 45.2 Å². The Kier molecular flexibility index (Phi) is 5.63. The van der Waals surface area contributed by atoms with Gasteiger partial charge < -0.3 is 10.4 Å². The summed E-state index contributed by atoms with van der Waals surface area (Å²) in [5, 5.41) is 16.4. The minimum atomic E-state index is -0.868. The van der Waals surface area contributed by atoms with E-state index < -0.39 is 5.60 Å². The van der Waals surface area contributed by atoms with Crippen molar-refractivity contribution in [2.45, 2.75) is 70.1 Å². The molecule has 1 aromatic rings. The molecule has 0 spiro atoms. The highest BCUT2D eigenvalue weighted by molar-refractivity contribution is 7.10. The fraction of sp³-hybridized carbons (Fsp3) is 0.737. The van der Waals surface area contributed by atoms with Crippen LogP contribution in [0, 0.1) is 5.92 Å². The Morgan fingerprint density at radius 1 is 1.46 bits per heavy atom. The second kappa shape index (κ2) is 7.54. The molecule has 0 radical (unpaired) electrons. The van der Waals surface area contributed by atoms with Crippen LogP contribution < -0.4 is 5.32 Å². The van der Waals surface area contributed by atoms with E-state index in [1.54, 1.807) is 11.3 Å². The van der Waals surface area contributed by atoms with Gasteiger partial charge in [-0.2, -0.15) is 0 Å². The van der Waals surface area contributed by atoms with Gasteiger partial charge in [0.15, 0.2) is 0 Å². The quantitative estimate of drug-likeness (QED) is 0.856. The molecular formula is C19H30N2O2S. The van der Waals surface area contributed by atoms with Crippen molar-refractivity contribution in [1.29, 1.82) is 0 Å². The molecule has 2 heterocycles. The van der Waals surface area contributed by atoms with Gasteiger partial charge in [-0.05, 0) is 50.6 Å². The predicted octanol–water partition coefficient (Wildman–Crippen LogP) is 3.33. The highest BCUT2D eigenvalue weighted by Crippen LogP contribution is 2.39. The van der Waals surface area contributed by atoms with Gasteiger partial charge in [0.25, 0.3) is 0 Å². The van der Waals surface area contributed by atoms with Gasteiger partial charge in [0.2, 0.25) is 5.91 Å². The van der Waals surface area contributed by atoms with Crippen LogP contribution in [0.3, 0.4) is 0 Å². The summed E-state index contributed by atoms with van der Waals surface area (Å²) in [7, 11) is 0. The average Bonchev–Trinajstić information content (AvgIpc) is 3.23. The molecule has 3 unspecified atom stereocenters. The molecule has 1 aliphatic carbocycles. The number of nitrogens with zero attached hydrogens (tertiary/aromatic N) is 1. The van der Waals surface area contributed by atoms with E-state index in [4.69, 9.17) is 0 Å². The van der Waals surface area contributed by atoms with Crippen molar-refractivity contribution < 1.29 is 9.90 Å². The Morgan fingerprint density at radius 2 is 2.21 bits per heavy atom. The van der Waals surface area contributed by atoms with Crippen molar-refractivity contribution in [3.05, 3.63) is 22.4 Å². The Hall–Kier alpha value is -0.910. The molecule has 1 amide bonds. The smallest absolute Gasteiger partial charge is 0.223 e. The second-order valence-corrected chi connectivity index (χ2v) is 8.55. The highest BCUT2D eigenvalue weighted by Gasteiger charge is 2.46. The molecule has 2 N–H and O–H groups in total. The van der Waals surface area contributed by atoms with E-state index in [0.29, 0.717) is 6.42 Å². The molecular weight excluding hydrogens is 320 g/mol. The van der Waals surface area contributed by atoms with Gasteiger partial charge in [-0.15, -0.1) is 11.3 Å². The Labute approximate surface area is 149 Å². The van der Waals surface area contributed by atoms with Crippen LogP contribution in [-0.4, -0.2) is 40.6 Å². The van der Waals surface area contributed by atoms with Crippen LogP contribution in [0.5, 0.6) is 0 Å². The van der Waals surface area contributed by atoms with Crippen LogP contribution in [0.1, 0.15) is 63.3 Å². The standard InChI is InChI=1S/C19H30N2O2S/c1-3-11-21-12-10-19(2,23)17(16(21)15-9-6-13-24-15)20-18(22)14-7-4-5-8-14/h6,9,13-14,16-17,23H,3-5,7-8,10-12H2,1-2H3,(H,20,22). The van der Waals surface area contributed by atoms with Crippen molar-refractivity contribution in [3.63, 3.8) is 0 Å². The largest absolute Gasteiger partial charge is 0.388 e. The van der Waals surface area contributed by atoms with Gasteiger partial charge in [-0.25, -0.2) is 0 Å². The maximum absolute atomic E-state index is 12.7. The minimum absolute atomic E-state index is 0.0686. The summed E-state index contributed by atoms with van der Waals surface area (Å²) in [4.78, 5) is 16.4. The number of aliphatic hydroxyl groups is 1. The summed E-state index contributed by atoms with van der Waals surface area (Å²) in [5.74, 6) is 0.268. The van der Waals surface area contributed by atoms with Crippen LogP contribution in [0.25, 0.3) is 0 Å². The lowest BCUT2D eigenvalue weighted by Crippen LogP contribution is -2.62. The third kappa shape index (κ3) is 3.68. The lowest BCUT2D eigenvalue weighted by atomic mass is 9.81. The maximum atomic E-state index is 12.7. The zero-order valence-electron chi connectivity index (χ0n) is 14.8. The fourth-order valence-electron chi connectivity index (χ4n) is 4.25. The molecule has 1 aliphatic heterocycles. The molecule has 1 saturated carbocycles. The summed E-state index contributed by atoms with van der Waals surface area (Å²) in [6, 6.07) is 4.01. The Balaban J connectivity index is 1.85. The molecule has 2 aliphatic rings. The molecule has 0 bridgehead atoms. The molecule has 0 aromatic carbocycles. The third-order valence-corrected chi connectivity index (χ3v) is 6.60. The number of likely N-dealkylation sites (tertiary alicyclic amines) is 1. The number of thiophene rings is 1. The average molecular weight is 351 g/mol. The normalized spacial score (nSPS) is 32.1. The first-order valence-corrected chi connectivity index (χ1v) is 10.2. The number of hydrogen-bond donors (Lipinski definition) is 2. The molecule has 1 aromatic heterocycles. The first kappa shape index (κ1) is 17.9. The number of nitrogens with one attached hydrogen (secondary N) is 1. The second-order valence-electron chi connectivity index (χ2n) is 7.57. The number of carbonyl (C=O) groups excluding carboxylic acids is 1. The first-order valence-electron chi connectivity index (χ1n) is 9.33. The fourth-order valence-corrected chi connectivity index (χ4v) is 5.15. The molecule has 5 heteroatoms. The summed E-state index contributed by atoms with van der Waals surface area (Å²) >= 11 is 1.72. The third-order valence-electron chi connectivity index (χ3n) is 5.65. The summed E-state index contributed by atoms with van der Waals surface area (Å²) in [6.45, 7) is 5.94. The lowest BCUT2D eigenvalue weighted by Gasteiger charge is -2.49. The monoisotopic (exact) mass is 350 g/mol. The SMILES string of the molecule is CCCN1CCC(C)(O)C(NC(=O)C2CCCC2)C1c1cccs1. The molecule has 4 nitrogen and oxygen atoms in total. The predicted molar refractivity (Wildman–Crippen MR) is 98.1 cm³/mol. The highest BCUT2D eigenvalue weighted by atomic mass is 32.1. The summed E-state index contributed by atoms with van der Waals surface area (Å²) < 4.78 is 0. The van der Waals surface area contributed by atoms with E-state index in [9.17, 15) is 9.90 Å². The van der Waals surface area contributed by atoms with Gasteiger partial charge in [0.1, 0.15) is 0 Å². The van der Waals surface area contributed by atoms with Gasteiger partial charge in [0.05, 0.1) is 17.7 Å². The van der Waals surface area contributed by atoms with Gasteiger partial charge in [-0.1, -0.05) is 25.8 Å². The Morgan fingerprint density at radius 3 is 2.83 bits per heavy atom. The van der Waals surface area contributed by atoms with E-state index in [-0.39, 0.29) is 23.9 Å². The number of amides is 1. The first-order chi connectivity index (χ1) is 11.5. The van der Waals surface area contributed by atoms with Crippen LogP contribution in [-0.2, 0) is 4.79 Å². The van der Waals surface area contributed by atoms with Crippen LogP contribution in [0.2, 0.25) is 0 Å². The molecule has 1 saturated heterocycles. The lowest BCUT2D eigenvalue weighted by molar-refractivity contribution is -0.132. The maximum Gasteiger partial charge on any atom is 0.223 e. The number of piperidine rings is 1. The summed E-state index contributed by atoms with van der Waals surface area (Å²) in [5.41, 5.74) is -0.868. The number of rotatable bonds is 5. The zero-order chi connectivity index (χ0) is 17.2. The molecule has 24 heavy (non-hydrogen) atoms. The van der Waals surface area contributed by atoms with Crippen molar-refractivity contribution in [1.82, 2.24) is 10.2 Å². The van der Waals surface area contributed by atoms with Crippen molar-refractivity contribution in [2.24, 2.45) is 5.92 Å². The van der Waals surface area contributed by atoms with E-state index in [2.05, 4.69) is 34.7 Å². The summed E-state index contributed by atoms with van der Waals surface area (Å²) in [6.07, 6.45) is 6.05. The Bertz CT molecular complexity index is 538. The minimum Gasteiger partial charge on any atom is -0.388 e. The van der Waals surface area contributed by atoms with Crippen LogP contribution in [0.15, 0.2) is 17.5 Å². The van der Waals surface area contributed by atoms with E-state index in [1.165, 1.54) is 4.88 Å². The van der Waals surface area contributed by atoms with E-state index >= 15 is 0 Å². The van der Waals surface area contributed by atoms with Crippen LogP contribution in [0.4, 0.5) is 0 Å².